The highest BCUT2D eigenvalue weighted by Gasteiger charge is 2.31. The van der Waals surface area contributed by atoms with Gasteiger partial charge in [0.25, 0.3) is 5.91 Å². The molecular weight excluding hydrogens is 459 g/mol. The van der Waals surface area contributed by atoms with E-state index in [1.54, 1.807) is 29.2 Å². The zero-order chi connectivity index (χ0) is 24.1. The van der Waals surface area contributed by atoms with Crippen molar-refractivity contribution in [1.82, 2.24) is 14.5 Å². The second-order valence-electron chi connectivity index (χ2n) is 7.87. The number of carbonyl (C=O) groups is 1. The molecule has 180 valence electrons. The Hall–Kier alpha value is -2.63. The van der Waals surface area contributed by atoms with Crippen LogP contribution in [-0.4, -0.2) is 69.5 Å². The van der Waals surface area contributed by atoms with Gasteiger partial charge in [-0.25, -0.2) is 13.1 Å². The predicted molar refractivity (Wildman–Crippen MR) is 117 cm³/mol. The molecule has 1 saturated heterocycles. The summed E-state index contributed by atoms with van der Waals surface area (Å²) in [4.78, 5) is 16.7. The molecule has 1 fully saturated rings. The van der Waals surface area contributed by atoms with Gasteiger partial charge in [0.05, 0.1) is 6.26 Å². The first-order chi connectivity index (χ1) is 15.5. The van der Waals surface area contributed by atoms with Crippen LogP contribution in [0.15, 0.2) is 48.5 Å². The Bertz CT molecular complexity index is 1030. The number of piperazine rings is 1. The zero-order valence-corrected chi connectivity index (χ0v) is 19.0. The van der Waals surface area contributed by atoms with E-state index in [1.165, 1.54) is 12.1 Å². The number of hydrogen-bond acceptors (Lipinski definition) is 5. The number of nitrogens with one attached hydrogen (secondary N) is 1. The van der Waals surface area contributed by atoms with E-state index < -0.39 is 16.4 Å². The summed E-state index contributed by atoms with van der Waals surface area (Å²) in [5.41, 5.74) is 2.37. The highest BCUT2D eigenvalue weighted by atomic mass is 32.2. The predicted octanol–water partition coefficient (Wildman–Crippen LogP) is 2.63. The maximum Gasteiger partial charge on any atom is 0.573 e. The molecule has 0 aliphatic carbocycles. The van der Waals surface area contributed by atoms with Gasteiger partial charge in [-0.3, -0.25) is 9.69 Å². The summed E-state index contributed by atoms with van der Waals surface area (Å²) in [6, 6.07) is 12.9. The first-order valence-electron chi connectivity index (χ1n) is 10.4. The lowest BCUT2D eigenvalue weighted by Crippen LogP contribution is -2.48. The van der Waals surface area contributed by atoms with Crippen molar-refractivity contribution in [2.75, 3.05) is 39.0 Å². The van der Waals surface area contributed by atoms with Crippen LogP contribution in [0.5, 0.6) is 5.75 Å². The number of amides is 1. The van der Waals surface area contributed by atoms with E-state index in [1.807, 2.05) is 12.1 Å². The Morgan fingerprint density at radius 2 is 1.55 bits per heavy atom. The van der Waals surface area contributed by atoms with Crippen molar-refractivity contribution in [2.24, 2.45) is 0 Å². The molecule has 7 nitrogen and oxygen atoms in total. The topological polar surface area (TPSA) is 79.0 Å². The fraction of sp³-hybridized carbons (Fsp3) is 0.409. The molecular formula is C22H26F3N3O4S. The summed E-state index contributed by atoms with van der Waals surface area (Å²) in [6.45, 7) is 3.28. The second kappa shape index (κ2) is 10.5. The number of halogens is 3. The molecule has 0 unspecified atom stereocenters. The summed E-state index contributed by atoms with van der Waals surface area (Å²) in [7, 11) is -3.22. The van der Waals surface area contributed by atoms with Crippen LogP contribution in [0.3, 0.4) is 0 Å². The molecule has 1 aliphatic heterocycles. The van der Waals surface area contributed by atoms with Crippen LogP contribution in [0.25, 0.3) is 0 Å². The standard InChI is InChI=1S/C22H26F3N3O4S/c1-33(30,31)26-11-10-17-2-6-19(7-3-17)21(29)28-14-12-27(13-15-28)16-18-4-8-20(9-5-18)32-22(23,24)25/h2-9,26H,10-16H2,1H3. The molecule has 0 saturated carbocycles. The monoisotopic (exact) mass is 485 g/mol. The Morgan fingerprint density at radius 1 is 0.970 bits per heavy atom. The van der Waals surface area contributed by atoms with Crippen molar-refractivity contribution in [3.05, 3.63) is 65.2 Å². The van der Waals surface area contributed by atoms with Gasteiger partial charge in [-0.1, -0.05) is 24.3 Å². The third-order valence-corrected chi connectivity index (χ3v) is 5.93. The minimum atomic E-state index is -4.71. The van der Waals surface area contributed by atoms with Crippen LogP contribution in [0.1, 0.15) is 21.5 Å². The molecule has 11 heteroatoms. The highest BCUT2D eigenvalue weighted by Crippen LogP contribution is 2.23. The zero-order valence-electron chi connectivity index (χ0n) is 18.1. The second-order valence-corrected chi connectivity index (χ2v) is 9.71. The van der Waals surface area contributed by atoms with Gasteiger partial charge in [-0.05, 0) is 41.8 Å². The van der Waals surface area contributed by atoms with Gasteiger partial charge in [0.15, 0.2) is 0 Å². The number of carbonyl (C=O) groups excluding carboxylic acids is 1. The van der Waals surface area contributed by atoms with Crippen LogP contribution in [0.2, 0.25) is 0 Å². The molecule has 1 N–H and O–H groups in total. The molecule has 0 atom stereocenters. The van der Waals surface area contributed by atoms with Gasteiger partial charge in [0, 0.05) is 44.8 Å². The summed E-state index contributed by atoms with van der Waals surface area (Å²) in [5, 5.41) is 0. The quantitative estimate of drug-likeness (QED) is 0.622. The van der Waals surface area contributed by atoms with E-state index in [-0.39, 0.29) is 11.7 Å². The molecule has 0 aromatic heterocycles. The summed E-state index contributed by atoms with van der Waals surface area (Å²) in [6.07, 6.45) is -3.07. The molecule has 1 aliphatic rings. The van der Waals surface area contributed by atoms with Crippen LogP contribution >= 0.6 is 0 Å². The first kappa shape index (κ1) is 25.0. The molecule has 1 heterocycles. The van der Waals surface area contributed by atoms with Crippen molar-refractivity contribution in [3.8, 4) is 5.75 Å². The van der Waals surface area contributed by atoms with E-state index in [2.05, 4.69) is 14.4 Å². The fourth-order valence-corrected chi connectivity index (χ4v) is 4.01. The van der Waals surface area contributed by atoms with Crippen molar-refractivity contribution >= 4 is 15.9 Å². The Kier molecular flexibility index (Phi) is 7.98. The van der Waals surface area contributed by atoms with E-state index >= 15 is 0 Å². The summed E-state index contributed by atoms with van der Waals surface area (Å²) < 4.78 is 65.3. The van der Waals surface area contributed by atoms with Crippen LogP contribution in [-0.2, 0) is 23.0 Å². The van der Waals surface area contributed by atoms with Crippen molar-refractivity contribution < 1.29 is 31.1 Å². The van der Waals surface area contributed by atoms with Gasteiger partial charge < -0.3 is 9.64 Å². The number of ether oxygens (including phenoxy) is 1. The average Bonchev–Trinajstić information content (AvgIpc) is 2.74. The van der Waals surface area contributed by atoms with Crippen LogP contribution < -0.4 is 9.46 Å². The minimum Gasteiger partial charge on any atom is -0.406 e. The Morgan fingerprint density at radius 3 is 2.09 bits per heavy atom. The molecule has 2 aromatic rings. The lowest BCUT2D eigenvalue weighted by molar-refractivity contribution is -0.274. The molecule has 0 bridgehead atoms. The minimum absolute atomic E-state index is 0.0656. The van der Waals surface area contributed by atoms with Crippen molar-refractivity contribution in [3.63, 3.8) is 0 Å². The third kappa shape index (κ3) is 8.34. The third-order valence-electron chi connectivity index (χ3n) is 5.20. The maximum atomic E-state index is 12.8. The first-order valence-corrected chi connectivity index (χ1v) is 12.3. The van der Waals surface area contributed by atoms with Gasteiger partial charge in [-0.15, -0.1) is 13.2 Å². The van der Waals surface area contributed by atoms with Gasteiger partial charge in [0.1, 0.15) is 5.75 Å². The normalized spacial score (nSPS) is 15.5. The molecule has 1 amide bonds. The van der Waals surface area contributed by atoms with E-state index in [0.717, 1.165) is 17.4 Å². The molecule has 2 aromatic carbocycles. The lowest BCUT2D eigenvalue weighted by Gasteiger charge is -2.34. The number of rotatable bonds is 8. The van der Waals surface area contributed by atoms with E-state index in [9.17, 15) is 26.4 Å². The number of sulfonamides is 1. The molecule has 33 heavy (non-hydrogen) atoms. The van der Waals surface area contributed by atoms with E-state index in [0.29, 0.717) is 51.3 Å². The molecule has 3 rings (SSSR count). The average molecular weight is 486 g/mol. The van der Waals surface area contributed by atoms with Crippen molar-refractivity contribution in [1.29, 1.82) is 0 Å². The van der Waals surface area contributed by atoms with E-state index in [4.69, 9.17) is 0 Å². The van der Waals surface area contributed by atoms with Crippen LogP contribution in [0.4, 0.5) is 13.2 Å². The maximum absolute atomic E-state index is 12.8. The van der Waals surface area contributed by atoms with Crippen LogP contribution in [0, 0.1) is 0 Å². The number of hydrogen-bond donors (Lipinski definition) is 1. The van der Waals surface area contributed by atoms with Gasteiger partial charge >= 0.3 is 6.36 Å². The molecule has 0 radical (unpaired) electrons. The number of nitrogens with zero attached hydrogens (tertiary/aromatic N) is 2. The highest BCUT2D eigenvalue weighted by molar-refractivity contribution is 7.88. The van der Waals surface area contributed by atoms with Gasteiger partial charge in [0.2, 0.25) is 10.0 Å². The number of alkyl halides is 3. The van der Waals surface area contributed by atoms with Gasteiger partial charge in [-0.2, -0.15) is 0 Å². The Labute approximate surface area is 191 Å². The Balaban J connectivity index is 1.46. The fourth-order valence-electron chi connectivity index (χ4n) is 3.54. The lowest BCUT2D eigenvalue weighted by atomic mass is 10.1. The SMILES string of the molecule is CS(=O)(=O)NCCc1ccc(C(=O)N2CCN(Cc3ccc(OC(F)(F)F)cc3)CC2)cc1. The largest absolute Gasteiger partial charge is 0.573 e. The van der Waals surface area contributed by atoms with Crippen molar-refractivity contribution in [2.45, 2.75) is 19.3 Å². The smallest absolute Gasteiger partial charge is 0.406 e. The summed E-state index contributed by atoms with van der Waals surface area (Å²) >= 11 is 0. The molecule has 0 spiro atoms. The summed E-state index contributed by atoms with van der Waals surface area (Å²) in [5.74, 6) is -0.316. The number of benzene rings is 2.